The van der Waals surface area contributed by atoms with Gasteiger partial charge >= 0.3 is 0 Å². The third-order valence-corrected chi connectivity index (χ3v) is 4.94. The van der Waals surface area contributed by atoms with E-state index in [4.69, 9.17) is 4.42 Å². The molecule has 6 nitrogen and oxygen atoms in total. The Morgan fingerprint density at radius 1 is 1.16 bits per heavy atom. The van der Waals surface area contributed by atoms with E-state index in [0.717, 1.165) is 34.2 Å². The zero-order valence-corrected chi connectivity index (χ0v) is 19.7. The van der Waals surface area contributed by atoms with Crippen LogP contribution in [0.5, 0.6) is 0 Å². The van der Waals surface area contributed by atoms with Gasteiger partial charge in [0.2, 0.25) is 5.89 Å². The van der Waals surface area contributed by atoms with E-state index in [0.29, 0.717) is 24.9 Å². The summed E-state index contributed by atoms with van der Waals surface area (Å²) in [6, 6.07) is 12.9. The second-order valence-electron chi connectivity index (χ2n) is 7.09. The summed E-state index contributed by atoms with van der Waals surface area (Å²) in [6.45, 7) is 3.13. The number of rotatable bonds is 6. The Morgan fingerprint density at radius 2 is 1.97 bits per heavy atom. The highest BCUT2D eigenvalue weighted by atomic mass is 127. The van der Waals surface area contributed by atoms with Gasteiger partial charge in [-0.15, -0.1) is 24.0 Å². The van der Waals surface area contributed by atoms with Crippen LogP contribution in [0.3, 0.4) is 0 Å². The second-order valence-corrected chi connectivity index (χ2v) is 7.09. The Bertz CT molecular complexity index is 1170. The molecule has 0 aliphatic rings. The molecule has 0 saturated carbocycles. The maximum Gasteiger partial charge on any atom is 0.214 e. The SMILES string of the molecule is CN=C(NCCc1c[nH]c2ccc(F)cc12)NCc1ncc(-c2ccc(C)cc2)o1.I. The molecule has 0 amide bonds. The summed E-state index contributed by atoms with van der Waals surface area (Å²) in [5, 5.41) is 7.37. The predicted molar refractivity (Wildman–Crippen MR) is 132 cm³/mol. The maximum atomic E-state index is 13.5. The molecule has 0 atom stereocenters. The van der Waals surface area contributed by atoms with Crippen LogP contribution in [0.4, 0.5) is 4.39 Å². The van der Waals surface area contributed by atoms with Crippen LogP contribution in [-0.4, -0.2) is 29.5 Å². The highest BCUT2D eigenvalue weighted by Crippen LogP contribution is 2.21. The number of aryl methyl sites for hydroxylation is 1. The number of guanidine groups is 1. The van der Waals surface area contributed by atoms with Crippen molar-refractivity contribution in [3.05, 3.63) is 77.7 Å². The van der Waals surface area contributed by atoms with Crippen molar-refractivity contribution in [3.63, 3.8) is 0 Å². The van der Waals surface area contributed by atoms with E-state index in [2.05, 4.69) is 32.5 Å². The van der Waals surface area contributed by atoms with E-state index >= 15 is 0 Å². The number of aromatic nitrogens is 2. The van der Waals surface area contributed by atoms with Gasteiger partial charge in [0.15, 0.2) is 11.7 Å². The standard InChI is InChI=1S/C23H24FN5O.HI/c1-15-3-5-16(6-4-15)21-13-28-22(30-21)14-29-23(25-2)26-10-9-17-12-27-20-8-7-18(24)11-19(17)20;/h3-8,11-13,27H,9-10,14H2,1-2H3,(H2,25,26,29);1H. The summed E-state index contributed by atoms with van der Waals surface area (Å²) < 4.78 is 19.3. The molecule has 8 heteroatoms. The molecule has 2 aromatic carbocycles. The normalized spacial score (nSPS) is 11.4. The van der Waals surface area contributed by atoms with Crippen molar-refractivity contribution in [1.29, 1.82) is 0 Å². The fourth-order valence-electron chi connectivity index (χ4n) is 3.30. The van der Waals surface area contributed by atoms with Gasteiger partial charge in [-0.05, 0) is 37.1 Å². The Hall–Kier alpha value is -2.88. The molecule has 162 valence electrons. The number of nitrogens with one attached hydrogen (secondary N) is 3. The van der Waals surface area contributed by atoms with Crippen molar-refractivity contribution in [2.24, 2.45) is 4.99 Å². The van der Waals surface area contributed by atoms with E-state index in [1.165, 1.54) is 11.6 Å². The van der Waals surface area contributed by atoms with Crippen LogP contribution < -0.4 is 10.6 Å². The van der Waals surface area contributed by atoms with Crippen molar-refractivity contribution < 1.29 is 8.81 Å². The monoisotopic (exact) mass is 533 g/mol. The van der Waals surface area contributed by atoms with Gasteiger partial charge < -0.3 is 20.0 Å². The number of hydrogen-bond acceptors (Lipinski definition) is 3. The minimum absolute atomic E-state index is 0. The Balaban J connectivity index is 0.00000272. The number of aliphatic imine (C=N–C) groups is 1. The fourth-order valence-corrected chi connectivity index (χ4v) is 3.30. The summed E-state index contributed by atoms with van der Waals surface area (Å²) in [7, 11) is 1.71. The zero-order chi connectivity index (χ0) is 20.9. The summed E-state index contributed by atoms with van der Waals surface area (Å²) >= 11 is 0. The van der Waals surface area contributed by atoms with Gasteiger partial charge in [0.05, 0.1) is 12.7 Å². The number of benzene rings is 2. The number of hydrogen-bond donors (Lipinski definition) is 3. The van der Waals surface area contributed by atoms with Gasteiger partial charge in [-0.2, -0.15) is 0 Å². The van der Waals surface area contributed by atoms with Crippen LogP contribution in [0.25, 0.3) is 22.2 Å². The quantitative estimate of drug-likeness (QED) is 0.189. The lowest BCUT2D eigenvalue weighted by atomic mass is 10.1. The molecule has 0 saturated heterocycles. The van der Waals surface area contributed by atoms with E-state index < -0.39 is 0 Å². The van der Waals surface area contributed by atoms with Crippen molar-refractivity contribution in [1.82, 2.24) is 20.6 Å². The Morgan fingerprint density at radius 3 is 2.74 bits per heavy atom. The van der Waals surface area contributed by atoms with Crippen LogP contribution in [0, 0.1) is 12.7 Å². The summed E-state index contributed by atoms with van der Waals surface area (Å²) in [5.74, 6) is 1.74. The first-order chi connectivity index (χ1) is 14.6. The van der Waals surface area contributed by atoms with Crippen LogP contribution in [0.1, 0.15) is 17.0 Å². The number of oxazole rings is 1. The van der Waals surface area contributed by atoms with Crippen molar-refractivity contribution in [2.75, 3.05) is 13.6 Å². The molecule has 0 spiro atoms. The molecule has 0 unspecified atom stereocenters. The topological polar surface area (TPSA) is 78.2 Å². The van der Waals surface area contributed by atoms with E-state index in [9.17, 15) is 4.39 Å². The Labute approximate surface area is 197 Å². The number of H-pyrrole nitrogens is 1. The maximum absolute atomic E-state index is 13.5. The van der Waals surface area contributed by atoms with Crippen LogP contribution in [-0.2, 0) is 13.0 Å². The second kappa shape index (κ2) is 10.4. The van der Waals surface area contributed by atoms with E-state index in [1.807, 2.05) is 30.5 Å². The molecule has 2 aromatic heterocycles. The van der Waals surface area contributed by atoms with Crippen molar-refractivity contribution in [2.45, 2.75) is 19.9 Å². The van der Waals surface area contributed by atoms with Crippen LogP contribution in [0.15, 0.2) is 64.3 Å². The third-order valence-electron chi connectivity index (χ3n) is 4.94. The number of fused-ring (bicyclic) bond motifs is 1. The molecule has 31 heavy (non-hydrogen) atoms. The molecular weight excluding hydrogens is 508 g/mol. The molecule has 0 aliphatic carbocycles. The van der Waals surface area contributed by atoms with Crippen LogP contribution in [0.2, 0.25) is 0 Å². The van der Waals surface area contributed by atoms with Gasteiger partial charge in [-0.25, -0.2) is 9.37 Å². The van der Waals surface area contributed by atoms with Gasteiger partial charge in [0, 0.05) is 36.3 Å². The Kier molecular flexibility index (Phi) is 7.67. The number of nitrogens with zero attached hydrogens (tertiary/aromatic N) is 2. The molecule has 0 fully saturated rings. The molecule has 2 heterocycles. The minimum Gasteiger partial charge on any atom is -0.439 e. The smallest absolute Gasteiger partial charge is 0.214 e. The highest BCUT2D eigenvalue weighted by Gasteiger charge is 2.08. The summed E-state index contributed by atoms with van der Waals surface area (Å²) in [6.07, 6.45) is 4.39. The first kappa shape index (κ1) is 22.8. The van der Waals surface area contributed by atoms with Crippen molar-refractivity contribution >= 4 is 40.8 Å². The molecule has 3 N–H and O–H groups in total. The predicted octanol–water partition coefficient (Wildman–Crippen LogP) is 4.80. The fraction of sp³-hybridized carbons (Fsp3) is 0.217. The first-order valence-corrected chi connectivity index (χ1v) is 9.84. The molecular formula is C23H25FIN5O. The summed E-state index contributed by atoms with van der Waals surface area (Å²) in [5.41, 5.74) is 4.19. The summed E-state index contributed by atoms with van der Waals surface area (Å²) in [4.78, 5) is 11.7. The van der Waals surface area contributed by atoms with Gasteiger partial charge in [-0.3, -0.25) is 4.99 Å². The van der Waals surface area contributed by atoms with Gasteiger partial charge in [0.1, 0.15) is 5.82 Å². The average Bonchev–Trinajstić information content (AvgIpc) is 3.38. The molecule has 4 aromatic rings. The molecule has 4 rings (SSSR count). The number of aromatic amines is 1. The number of halogens is 2. The largest absolute Gasteiger partial charge is 0.439 e. The highest BCUT2D eigenvalue weighted by molar-refractivity contribution is 14.0. The van der Waals surface area contributed by atoms with E-state index in [1.54, 1.807) is 25.4 Å². The third kappa shape index (κ3) is 5.63. The first-order valence-electron chi connectivity index (χ1n) is 9.84. The van der Waals surface area contributed by atoms with Crippen LogP contribution >= 0.6 is 24.0 Å². The molecule has 0 bridgehead atoms. The minimum atomic E-state index is -0.232. The molecule has 0 aliphatic heterocycles. The zero-order valence-electron chi connectivity index (χ0n) is 17.4. The van der Waals surface area contributed by atoms with Gasteiger partial charge in [0.25, 0.3) is 0 Å². The lowest BCUT2D eigenvalue weighted by Crippen LogP contribution is -2.37. The van der Waals surface area contributed by atoms with Crippen molar-refractivity contribution in [3.8, 4) is 11.3 Å². The van der Waals surface area contributed by atoms with Gasteiger partial charge in [-0.1, -0.05) is 29.8 Å². The lowest BCUT2D eigenvalue weighted by molar-refractivity contribution is 0.497. The molecule has 0 radical (unpaired) electrons. The average molecular weight is 533 g/mol. The van der Waals surface area contributed by atoms with E-state index in [-0.39, 0.29) is 29.8 Å². The lowest BCUT2D eigenvalue weighted by Gasteiger charge is -2.10.